The highest BCUT2D eigenvalue weighted by Crippen LogP contribution is 2.12. The monoisotopic (exact) mass is 211 g/mol. The Morgan fingerprint density at radius 1 is 1.60 bits per heavy atom. The summed E-state index contributed by atoms with van der Waals surface area (Å²) >= 11 is 0. The van der Waals surface area contributed by atoms with Gasteiger partial charge in [0.1, 0.15) is 0 Å². The first-order valence-electron chi connectivity index (χ1n) is 5.75. The molecule has 0 spiro atoms. The lowest BCUT2D eigenvalue weighted by Crippen LogP contribution is -2.32. The molecule has 1 N–H and O–H groups in total. The molecule has 0 aromatic carbocycles. The van der Waals surface area contributed by atoms with Gasteiger partial charge in [-0.3, -0.25) is 4.79 Å². The number of amides is 1. The molecule has 1 heterocycles. The van der Waals surface area contributed by atoms with Crippen LogP contribution in [0.1, 0.15) is 33.1 Å². The maximum Gasteiger partial charge on any atom is 0.243 e. The average Bonchev–Trinajstić information content (AvgIpc) is 2.27. The van der Waals surface area contributed by atoms with Crippen molar-refractivity contribution < 1.29 is 9.53 Å². The number of hydrogen-bond acceptors (Lipinski definition) is 2. The van der Waals surface area contributed by atoms with E-state index in [0.29, 0.717) is 5.92 Å². The summed E-state index contributed by atoms with van der Waals surface area (Å²) in [5, 5.41) is 2.92. The lowest BCUT2D eigenvalue weighted by molar-refractivity contribution is -0.116. The molecule has 3 heteroatoms. The van der Waals surface area contributed by atoms with Crippen molar-refractivity contribution in [3.05, 3.63) is 11.6 Å². The fraction of sp³-hybridized carbons (Fsp3) is 0.750. The largest absolute Gasteiger partial charge is 0.381 e. The Bertz CT molecular complexity index is 230. The Morgan fingerprint density at radius 2 is 2.40 bits per heavy atom. The molecule has 0 radical (unpaired) electrons. The molecule has 1 aliphatic heterocycles. The highest BCUT2D eigenvalue weighted by Gasteiger charge is 2.13. The molecule has 1 saturated heterocycles. The van der Waals surface area contributed by atoms with Gasteiger partial charge in [0, 0.05) is 19.2 Å². The zero-order valence-electron chi connectivity index (χ0n) is 9.71. The molecule has 15 heavy (non-hydrogen) atoms. The molecule has 86 valence electrons. The first-order chi connectivity index (χ1) is 7.22. The molecule has 0 aromatic rings. The van der Waals surface area contributed by atoms with Crippen LogP contribution in [0.5, 0.6) is 0 Å². The minimum absolute atomic E-state index is 0.0277. The van der Waals surface area contributed by atoms with Gasteiger partial charge in [-0.05, 0) is 32.1 Å². The Hall–Kier alpha value is -0.830. The third-order valence-corrected chi connectivity index (χ3v) is 2.75. The van der Waals surface area contributed by atoms with Crippen LogP contribution in [0.4, 0.5) is 0 Å². The van der Waals surface area contributed by atoms with E-state index < -0.39 is 0 Å². The van der Waals surface area contributed by atoms with Gasteiger partial charge in [0.25, 0.3) is 0 Å². The van der Waals surface area contributed by atoms with E-state index in [9.17, 15) is 4.79 Å². The molecular formula is C12H21NO2. The normalized spacial score (nSPS) is 22.5. The third-order valence-electron chi connectivity index (χ3n) is 2.75. The fourth-order valence-corrected chi connectivity index (χ4v) is 1.59. The number of hydrogen-bond donors (Lipinski definition) is 1. The van der Waals surface area contributed by atoms with Crippen LogP contribution in [-0.4, -0.2) is 25.7 Å². The van der Waals surface area contributed by atoms with E-state index in [1.165, 1.54) is 0 Å². The van der Waals surface area contributed by atoms with Crippen LogP contribution in [-0.2, 0) is 9.53 Å². The van der Waals surface area contributed by atoms with Crippen molar-refractivity contribution in [1.29, 1.82) is 0 Å². The van der Waals surface area contributed by atoms with Crippen LogP contribution in [0.25, 0.3) is 0 Å². The van der Waals surface area contributed by atoms with Crippen LogP contribution in [0.3, 0.4) is 0 Å². The van der Waals surface area contributed by atoms with Gasteiger partial charge < -0.3 is 10.1 Å². The molecule has 1 unspecified atom stereocenters. The number of allylic oxidation sites excluding steroid dienone is 1. The highest BCUT2D eigenvalue weighted by atomic mass is 16.5. The van der Waals surface area contributed by atoms with Crippen molar-refractivity contribution >= 4 is 5.91 Å². The third kappa shape index (κ3) is 4.98. The standard InChI is InChI=1S/C12H21NO2/c1-3-10(2)7-12(14)13-8-11-5-4-6-15-9-11/h7,11H,3-6,8-9H2,1-2H3,(H,13,14)/b10-7+. The molecule has 0 aromatic heterocycles. The topological polar surface area (TPSA) is 38.3 Å². The Labute approximate surface area is 91.9 Å². The van der Waals surface area contributed by atoms with Crippen LogP contribution in [0, 0.1) is 5.92 Å². The van der Waals surface area contributed by atoms with Gasteiger partial charge >= 0.3 is 0 Å². The summed E-state index contributed by atoms with van der Waals surface area (Å²) in [5.74, 6) is 0.526. The van der Waals surface area contributed by atoms with E-state index >= 15 is 0 Å². The molecule has 1 fully saturated rings. The lowest BCUT2D eigenvalue weighted by Gasteiger charge is -2.21. The molecular weight excluding hydrogens is 190 g/mol. The number of carbonyl (C=O) groups is 1. The number of nitrogens with one attached hydrogen (secondary N) is 1. The minimum Gasteiger partial charge on any atom is -0.381 e. The van der Waals surface area contributed by atoms with Crippen LogP contribution >= 0.6 is 0 Å². The SMILES string of the molecule is CC/C(C)=C/C(=O)NCC1CCCOC1. The predicted molar refractivity (Wildman–Crippen MR) is 60.6 cm³/mol. The second kappa shape index (κ2) is 6.62. The molecule has 1 aliphatic rings. The lowest BCUT2D eigenvalue weighted by atomic mass is 10.0. The number of carbonyl (C=O) groups excluding carboxylic acids is 1. The van der Waals surface area contributed by atoms with Crippen LogP contribution in [0.15, 0.2) is 11.6 Å². The van der Waals surface area contributed by atoms with Crippen molar-refractivity contribution in [3.63, 3.8) is 0 Å². The van der Waals surface area contributed by atoms with E-state index in [4.69, 9.17) is 4.74 Å². The second-order valence-corrected chi connectivity index (χ2v) is 4.17. The van der Waals surface area contributed by atoms with Crippen molar-refractivity contribution in [2.24, 2.45) is 5.92 Å². The van der Waals surface area contributed by atoms with Gasteiger partial charge in [-0.1, -0.05) is 12.5 Å². The summed E-state index contributed by atoms with van der Waals surface area (Å²) in [5.41, 5.74) is 1.12. The first kappa shape index (κ1) is 12.2. The van der Waals surface area contributed by atoms with Crippen molar-refractivity contribution in [1.82, 2.24) is 5.32 Å². The molecule has 0 bridgehead atoms. The van der Waals surface area contributed by atoms with Gasteiger partial charge in [-0.15, -0.1) is 0 Å². The molecule has 3 nitrogen and oxygen atoms in total. The summed E-state index contributed by atoms with van der Waals surface area (Å²) < 4.78 is 5.35. The van der Waals surface area contributed by atoms with Gasteiger partial charge in [0.2, 0.25) is 5.91 Å². The molecule has 1 rings (SSSR count). The maximum atomic E-state index is 11.4. The summed E-state index contributed by atoms with van der Waals surface area (Å²) in [6.45, 7) is 6.43. The van der Waals surface area contributed by atoms with Crippen molar-refractivity contribution in [3.8, 4) is 0 Å². The van der Waals surface area contributed by atoms with Gasteiger partial charge in [-0.2, -0.15) is 0 Å². The zero-order chi connectivity index (χ0) is 11.1. The van der Waals surface area contributed by atoms with Crippen LogP contribution < -0.4 is 5.32 Å². The Balaban J connectivity index is 2.21. The van der Waals surface area contributed by atoms with E-state index in [1.54, 1.807) is 6.08 Å². The maximum absolute atomic E-state index is 11.4. The van der Waals surface area contributed by atoms with E-state index in [2.05, 4.69) is 5.32 Å². The summed E-state index contributed by atoms with van der Waals surface area (Å²) in [4.78, 5) is 11.4. The van der Waals surface area contributed by atoms with Gasteiger partial charge in [0.05, 0.1) is 6.61 Å². The van der Waals surface area contributed by atoms with Gasteiger partial charge in [-0.25, -0.2) is 0 Å². The van der Waals surface area contributed by atoms with E-state index in [-0.39, 0.29) is 5.91 Å². The molecule has 1 amide bonds. The number of rotatable bonds is 4. The Kier molecular flexibility index (Phi) is 5.40. The van der Waals surface area contributed by atoms with Crippen LogP contribution in [0.2, 0.25) is 0 Å². The molecule has 0 saturated carbocycles. The minimum atomic E-state index is 0.0277. The second-order valence-electron chi connectivity index (χ2n) is 4.17. The van der Waals surface area contributed by atoms with Crippen molar-refractivity contribution in [2.45, 2.75) is 33.1 Å². The average molecular weight is 211 g/mol. The van der Waals surface area contributed by atoms with Crippen molar-refractivity contribution in [2.75, 3.05) is 19.8 Å². The molecule has 1 atom stereocenters. The number of ether oxygens (including phenoxy) is 1. The summed E-state index contributed by atoms with van der Waals surface area (Å²) in [6, 6.07) is 0. The zero-order valence-corrected chi connectivity index (χ0v) is 9.71. The first-order valence-corrected chi connectivity index (χ1v) is 5.75. The molecule has 0 aliphatic carbocycles. The van der Waals surface area contributed by atoms with E-state index in [0.717, 1.165) is 44.6 Å². The smallest absolute Gasteiger partial charge is 0.243 e. The summed E-state index contributed by atoms with van der Waals surface area (Å²) in [6.07, 6.45) is 4.89. The Morgan fingerprint density at radius 3 is 3.00 bits per heavy atom. The fourth-order valence-electron chi connectivity index (χ4n) is 1.59. The highest BCUT2D eigenvalue weighted by molar-refractivity contribution is 5.88. The summed E-state index contributed by atoms with van der Waals surface area (Å²) in [7, 11) is 0. The predicted octanol–water partition coefficient (Wildman–Crippen LogP) is 1.89. The van der Waals surface area contributed by atoms with Gasteiger partial charge in [0.15, 0.2) is 0 Å². The van der Waals surface area contributed by atoms with E-state index in [1.807, 2.05) is 13.8 Å². The quantitative estimate of drug-likeness (QED) is 0.721.